The van der Waals surface area contributed by atoms with Crippen molar-refractivity contribution in [3.05, 3.63) is 52.4 Å². The van der Waals surface area contributed by atoms with Crippen LogP contribution < -0.4 is 5.63 Å². The molecule has 1 N–H and O–H groups in total. The molecule has 3 nitrogen and oxygen atoms in total. The summed E-state index contributed by atoms with van der Waals surface area (Å²) in [5.74, 6) is 0.0968. The SMILES string of the molecule is CCCCc1ccc2c(c1)c(=O)oc1cc(O)ccc12. The van der Waals surface area contributed by atoms with Crippen molar-refractivity contribution in [3.63, 3.8) is 0 Å². The molecule has 3 rings (SSSR count). The molecule has 3 aromatic rings. The van der Waals surface area contributed by atoms with Crippen molar-refractivity contribution >= 4 is 21.7 Å². The first kappa shape index (κ1) is 12.7. The Hall–Kier alpha value is -2.29. The number of benzene rings is 2. The summed E-state index contributed by atoms with van der Waals surface area (Å²) in [6.07, 6.45) is 3.21. The topological polar surface area (TPSA) is 50.4 Å². The molecule has 2 aromatic carbocycles. The Balaban J connectivity index is 2.26. The van der Waals surface area contributed by atoms with Crippen LogP contribution in [0.15, 0.2) is 45.6 Å². The highest BCUT2D eigenvalue weighted by atomic mass is 16.4. The number of rotatable bonds is 3. The van der Waals surface area contributed by atoms with Crippen molar-refractivity contribution in [1.29, 1.82) is 0 Å². The molecule has 0 amide bonds. The van der Waals surface area contributed by atoms with Gasteiger partial charge in [-0.05, 0) is 42.0 Å². The van der Waals surface area contributed by atoms with Gasteiger partial charge in [0.25, 0.3) is 0 Å². The summed E-state index contributed by atoms with van der Waals surface area (Å²) in [5, 5.41) is 11.8. The molecule has 1 heterocycles. The lowest BCUT2D eigenvalue weighted by Gasteiger charge is -2.05. The number of aromatic hydroxyl groups is 1. The summed E-state index contributed by atoms with van der Waals surface area (Å²) in [4.78, 5) is 12.1. The summed E-state index contributed by atoms with van der Waals surface area (Å²) in [6, 6.07) is 10.8. The van der Waals surface area contributed by atoms with Gasteiger partial charge in [-0.1, -0.05) is 25.5 Å². The Morgan fingerprint density at radius 2 is 1.85 bits per heavy atom. The molecule has 0 aliphatic rings. The maximum Gasteiger partial charge on any atom is 0.344 e. The quantitative estimate of drug-likeness (QED) is 0.577. The van der Waals surface area contributed by atoms with E-state index in [1.54, 1.807) is 12.1 Å². The number of hydrogen-bond donors (Lipinski definition) is 1. The van der Waals surface area contributed by atoms with Crippen LogP contribution in [-0.4, -0.2) is 5.11 Å². The van der Waals surface area contributed by atoms with Gasteiger partial charge < -0.3 is 9.52 Å². The second-order valence-electron chi connectivity index (χ2n) is 5.05. The van der Waals surface area contributed by atoms with Crippen molar-refractivity contribution in [2.24, 2.45) is 0 Å². The number of phenolic OH excluding ortho intramolecular Hbond substituents is 1. The predicted octanol–water partition coefficient (Wildman–Crippen LogP) is 3.99. The van der Waals surface area contributed by atoms with E-state index < -0.39 is 0 Å². The first-order valence-electron chi connectivity index (χ1n) is 6.87. The zero-order valence-corrected chi connectivity index (χ0v) is 11.3. The summed E-state index contributed by atoms with van der Waals surface area (Å²) in [7, 11) is 0. The fourth-order valence-corrected chi connectivity index (χ4v) is 2.50. The minimum atomic E-state index is -0.351. The van der Waals surface area contributed by atoms with Crippen LogP contribution in [0.1, 0.15) is 25.3 Å². The van der Waals surface area contributed by atoms with E-state index in [2.05, 4.69) is 13.0 Å². The Labute approximate surface area is 116 Å². The first-order chi connectivity index (χ1) is 9.69. The highest BCUT2D eigenvalue weighted by Crippen LogP contribution is 2.26. The van der Waals surface area contributed by atoms with Crippen molar-refractivity contribution in [2.45, 2.75) is 26.2 Å². The Kier molecular flexibility index (Phi) is 3.18. The third-order valence-electron chi connectivity index (χ3n) is 3.58. The Morgan fingerprint density at radius 3 is 2.65 bits per heavy atom. The molecule has 0 fully saturated rings. The maximum absolute atomic E-state index is 12.1. The molecule has 0 aliphatic heterocycles. The highest BCUT2D eigenvalue weighted by molar-refractivity contribution is 6.04. The van der Waals surface area contributed by atoms with Crippen LogP contribution in [0.4, 0.5) is 0 Å². The molecular formula is C17H16O3. The molecule has 0 saturated carbocycles. The maximum atomic E-state index is 12.1. The number of fused-ring (bicyclic) bond motifs is 3. The van der Waals surface area contributed by atoms with E-state index in [0.29, 0.717) is 11.0 Å². The van der Waals surface area contributed by atoms with Crippen LogP contribution in [0.5, 0.6) is 5.75 Å². The average molecular weight is 268 g/mol. The van der Waals surface area contributed by atoms with Gasteiger partial charge in [-0.2, -0.15) is 0 Å². The van der Waals surface area contributed by atoms with Gasteiger partial charge in [0.15, 0.2) is 0 Å². The van der Waals surface area contributed by atoms with Gasteiger partial charge in [-0.3, -0.25) is 0 Å². The fourth-order valence-electron chi connectivity index (χ4n) is 2.50. The molecule has 0 atom stereocenters. The van der Waals surface area contributed by atoms with Crippen molar-refractivity contribution in [3.8, 4) is 5.75 Å². The summed E-state index contributed by atoms with van der Waals surface area (Å²) in [6.45, 7) is 2.15. The molecule has 0 spiro atoms. The lowest BCUT2D eigenvalue weighted by Crippen LogP contribution is -2.00. The van der Waals surface area contributed by atoms with Crippen molar-refractivity contribution in [2.75, 3.05) is 0 Å². The predicted molar refractivity (Wildman–Crippen MR) is 80.3 cm³/mol. The first-order valence-corrected chi connectivity index (χ1v) is 6.87. The van der Waals surface area contributed by atoms with Crippen molar-refractivity contribution < 1.29 is 9.52 Å². The van der Waals surface area contributed by atoms with Crippen LogP contribution in [0.2, 0.25) is 0 Å². The minimum Gasteiger partial charge on any atom is -0.508 e. The molecule has 0 unspecified atom stereocenters. The number of unbranched alkanes of at least 4 members (excludes halogenated alkanes) is 1. The number of aryl methyl sites for hydroxylation is 1. The third kappa shape index (κ3) is 2.16. The van der Waals surface area contributed by atoms with Gasteiger partial charge in [0.2, 0.25) is 0 Å². The third-order valence-corrected chi connectivity index (χ3v) is 3.58. The summed E-state index contributed by atoms with van der Waals surface area (Å²) < 4.78 is 5.30. The van der Waals surface area contributed by atoms with Gasteiger partial charge in [0.1, 0.15) is 11.3 Å². The average Bonchev–Trinajstić information content (AvgIpc) is 2.45. The standard InChI is InChI=1S/C17H16O3/c1-2-3-4-11-5-7-13-14-8-6-12(18)10-16(14)20-17(19)15(13)9-11/h5-10,18H,2-4H2,1H3. The van der Waals surface area contributed by atoms with Crippen LogP contribution in [-0.2, 0) is 6.42 Å². The molecule has 0 saturated heterocycles. The molecule has 3 heteroatoms. The Bertz CT molecular complexity index is 831. The van der Waals surface area contributed by atoms with Gasteiger partial charge in [0.05, 0.1) is 5.39 Å². The summed E-state index contributed by atoms with van der Waals surface area (Å²) >= 11 is 0. The lowest BCUT2D eigenvalue weighted by atomic mass is 10.0. The van der Waals surface area contributed by atoms with E-state index in [0.717, 1.165) is 35.6 Å². The van der Waals surface area contributed by atoms with Gasteiger partial charge in [-0.25, -0.2) is 4.79 Å². The lowest BCUT2D eigenvalue weighted by molar-refractivity contribution is 0.473. The molecular weight excluding hydrogens is 252 g/mol. The van der Waals surface area contributed by atoms with Crippen LogP contribution in [0, 0.1) is 0 Å². The van der Waals surface area contributed by atoms with E-state index in [9.17, 15) is 9.90 Å². The normalized spacial score (nSPS) is 11.2. The molecule has 1 aromatic heterocycles. The van der Waals surface area contributed by atoms with E-state index in [1.807, 2.05) is 12.1 Å². The van der Waals surface area contributed by atoms with E-state index >= 15 is 0 Å². The number of hydrogen-bond acceptors (Lipinski definition) is 3. The minimum absolute atomic E-state index is 0.0968. The fraction of sp³-hybridized carbons (Fsp3) is 0.235. The molecule has 0 bridgehead atoms. The zero-order valence-electron chi connectivity index (χ0n) is 11.3. The van der Waals surface area contributed by atoms with Crippen LogP contribution in [0.3, 0.4) is 0 Å². The zero-order chi connectivity index (χ0) is 14.1. The highest BCUT2D eigenvalue weighted by Gasteiger charge is 2.08. The molecule has 102 valence electrons. The van der Waals surface area contributed by atoms with E-state index in [4.69, 9.17) is 4.42 Å². The van der Waals surface area contributed by atoms with Gasteiger partial charge in [0, 0.05) is 11.5 Å². The summed E-state index contributed by atoms with van der Waals surface area (Å²) in [5.41, 5.74) is 1.23. The van der Waals surface area contributed by atoms with E-state index in [-0.39, 0.29) is 11.4 Å². The van der Waals surface area contributed by atoms with Crippen molar-refractivity contribution in [1.82, 2.24) is 0 Å². The molecule has 0 radical (unpaired) electrons. The molecule has 20 heavy (non-hydrogen) atoms. The van der Waals surface area contributed by atoms with E-state index in [1.165, 1.54) is 6.07 Å². The van der Waals surface area contributed by atoms with Crippen LogP contribution in [0.25, 0.3) is 21.7 Å². The van der Waals surface area contributed by atoms with Gasteiger partial charge >= 0.3 is 5.63 Å². The monoisotopic (exact) mass is 268 g/mol. The second kappa shape index (κ2) is 5.00. The number of phenols is 1. The second-order valence-corrected chi connectivity index (χ2v) is 5.05. The largest absolute Gasteiger partial charge is 0.508 e. The smallest absolute Gasteiger partial charge is 0.344 e. The van der Waals surface area contributed by atoms with Crippen LogP contribution >= 0.6 is 0 Å². The van der Waals surface area contributed by atoms with Gasteiger partial charge in [-0.15, -0.1) is 0 Å². The Morgan fingerprint density at radius 1 is 1.05 bits per heavy atom. The molecule has 0 aliphatic carbocycles.